The molecule has 1 aromatic heterocycles. The molecule has 9 heteroatoms. The van der Waals surface area contributed by atoms with Crippen molar-refractivity contribution < 1.29 is 18.7 Å². The molecule has 4 aromatic rings. The van der Waals surface area contributed by atoms with E-state index in [-0.39, 0.29) is 17.6 Å². The van der Waals surface area contributed by atoms with E-state index in [1.54, 1.807) is 28.6 Å². The van der Waals surface area contributed by atoms with E-state index in [2.05, 4.69) is 21.2 Å². The number of nitrogens with one attached hydrogen (secondary N) is 1. The summed E-state index contributed by atoms with van der Waals surface area (Å²) in [6, 6.07) is 19.8. The second-order valence-electron chi connectivity index (χ2n) is 9.48. The molecule has 192 valence electrons. The Balaban J connectivity index is 1.34. The van der Waals surface area contributed by atoms with Gasteiger partial charge in [0.15, 0.2) is 6.23 Å². The number of ether oxygens (including phenoxy) is 1. The monoisotopic (exact) mass is 574 g/mol. The minimum absolute atomic E-state index is 0.0103. The van der Waals surface area contributed by atoms with E-state index in [1.165, 1.54) is 12.1 Å². The molecule has 0 bridgehead atoms. The van der Waals surface area contributed by atoms with Crippen LogP contribution >= 0.6 is 15.9 Å². The zero-order chi connectivity index (χ0) is 26.4. The quantitative estimate of drug-likeness (QED) is 0.333. The van der Waals surface area contributed by atoms with Crippen molar-refractivity contribution in [2.24, 2.45) is 0 Å². The van der Waals surface area contributed by atoms with Crippen LogP contribution in [0.25, 0.3) is 16.8 Å². The Bertz CT molecular complexity index is 1530. The van der Waals surface area contributed by atoms with Crippen LogP contribution in [0.3, 0.4) is 0 Å². The maximum Gasteiger partial charge on any atom is 0.253 e. The molecular formula is C29H24BrFN4O3. The van der Waals surface area contributed by atoms with E-state index >= 15 is 0 Å². The van der Waals surface area contributed by atoms with Crippen LogP contribution in [0.15, 0.2) is 77.4 Å². The van der Waals surface area contributed by atoms with Gasteiger partial charge in [0.1, 0.15) is 17.6 Å². The number of amides is 2. The third-order valence-corrected chi connectivity index (χ3v) is 7.44. The van der Waals surface area contributed by atoms with E-state index in [1.807, 2.05) is 48.7 Å². The van der Waals surface area contributed by atoms with Crippen molar-refractivity contribution in [2.45, 2.75) is 32.1 Å². The summed E-state index contributed by atoms with van der Waals surface area (Å²) < 4.78 is 22.6. The molecule has 2 amide bonds. The molecule has 1 saturated heterocycles. The molecule has 0 radical (unpaired) electrons. The highest BCUT2D eigenvalue weighted by atomic mass is 79.9. The number of anilines is 1. The van der Waals surface area contributed by atoms with Crippen molar-refractivity contribution in [2.75, 3.05) is 11.9 Å². The van der Waals surface area contributed by atoms with Crippen molar-refractivity contribution in [3.63, 3.8) is 0 Å². The first-order valence-corrected chi connectivity index (χ1v) is 13.1. The first-order valence-electron chi connectivity index (χ1n) is 12.3. The molecule has 38 heavy (non-hydrogen) atoms. The zero-order valence-electron chi connectivity index (χ0n) is 20.5. The lowest BCUT2D eigenvalue weighted by molar-refractivity contribution is -0.130. The smallest absolute Gasteiger partial charge is 0.253 e. The Morgan fingerprint density at radius 3 is 2.61 bits per heavy atom. The van der Waals surface area contributed by atoms with Crippen molar-refractivity contribution in [1.29, 1.82) is 0 Å². The molecule has 3 aromatic carbocycles. The van der Waals surface area contributed by atoms with E-state index in [4.69, 9.17) is 9.84 Å². The Morgan fingerprint density at radius 2 is 1.84 bits per heavy atom. The Labute approximate surface area is 227 Å². The van der Waals surface area contributed by atoms with Gasteiger partial charge in [-0.15, -0.1) is 0 Å². The Morgan fingerprint density at radius 1 is 1.08 bits per heavy atom. The largest absolute Gasteiger partial charge is 0.339 e. The summed E-state index contributed by atoms with van der Waals surface area (Å²) in [5, 5.41) is 7.74. The number of halogens is 2. The molecule has 6 rings (SSSR count). The normalized spacial score (nSPS) is 18.7. The van der Waals surface area contributed by atoms with Crippen molar-refractivity contribution in [3.8, 4) is 16.8 Å². The summed E-state index contributed by atoms with van der Waals surface area (Å²) in [6.45, 7) is 2.15. The number of fused-ring (bicyclic) bond motifs is 1. The van der Waals surface area contributed by atoms with Gasteiger partial charge in [-0.3, -0.25) is 9.59 Å². The van der Waals surface area contributed by atoms with E-state index in [9.17, 15) is 14.0 Å². The predicted octanol–water partition coefficient (Wildman–Crippen LogP) is 5.42. The van der Waals surface area contributed by atoms with Crippen LogP contribution in [-0.2, 0) is 27.2 Å². The molecule has 0 saturated carbocycles. The highest BCUT2D eigenvalue weighted by Gasteiger charge is 2.41. The highest BCUT2D eigenvalue weighted by molar-refractivity contribution is 9.10. The first-order chi connectivity index (χ1) is 18.4. The number of rotatable bonds is 6. The lowest BCUT2D eigenvalue weighted by Gasteiger charge is -2.23. The standard InChI is InChI=1S/C29H24BrFN4O3/c1-17-28(37)34(13-12-18-2-3-20-15-26(36)32-25(20)14-18)29(38-17)27-24(19-4-8-22(31)9-5-19)16-35(33-27)23-10-6-21(30)7-11-23/h2-11,14,16-17,29H,12-13,15H2,1H3,(H,32,36)/t17-,29-/m1/s1. The Hall–Kier alpha value is -3.82. The molecule has 2 aliphatic rings. The summed E-state index contributed by atoms with van der Waals surface area (Å²) in [5.41, 5.74) is 5.77. The van der Waals surface area contributed by atoms with E-state index < -0.39 is 12.3 Å². The van der Waals surface area contributed by atoms with Gasteiger partial charge in [0.2, 0.25) is 5.91 Å². The number of nitrogens with zero attached hydrogens (tertiary/aromatic N) is 3. The molecule has 2 aliphatic heterocycles. The summed E-state index contributed by atoms with van der Waals surface area (Å²) in [7, 11) is 0. The third kappa shape index (κ3) is 4.63. The minimum atomic E-state index is -0.705. The maximum absolute atomic E-state index is 13.7. The molecule has 1 N–H and O–H groups in total. The van der Waals surface area contributed by atoms with Gasteiger partial charge in [-0.05, 0) is 72.5 Å². The fourth-order valence-corrected chi connectivity index (χ4v) is 5.19. The molecule has 0 spiro atoms. The van der Waals surface area contributed by atoms with Gasteiger partial charge in [0, 0.05) is 28.5 Å². The summed E-state index contributed by atoms with van der Waals surface area (Å²) in [5.74, 6) is -0.458. The second-order valence-corrected chi connectivity index (χ2v) is 10.4. The predicted molar refractivity (Wildman–Crippen MR) is 144 cm³/mol. The topological polar surface area (TPSA) is 76.5 Å². The van der Waals surface area contributed by atoms with Crippen LogP contribution < -0.4 is 5.32 Å². The fraction of sp³-hybridized carbons (Fsp3) is 0.207. The molecule has 1 fully saturated rings. The number of benzene rings is 3. The average Bonchev–Trinajstić information content (AvgIpc) is 3.58. The Kier molecular flexibility index (Phi) is 6.33. The zero-order valence-corrected chi connectivity index (χ0v) is 22.1. The molecule has 2 atom stereocenters. The number of hydrogen-bond acceptors (Lipinski definition) is 4. The summed E-state index contributed by atoms with van der Waals surface area (Å²) in [6.07, 6.45) is 1.52. The number of hydrogen-bond donors (Lipinski definition) is 1. The number of carbonyl (C=O) groups excluding carboxylic acids is 2. The molecule has 7 nitrogen and oxygen atoms in total. The number of carbonyl (C=O) groups is 2. The van der Waals surface area contributed by atoms with Crippen molar-refractivity contribution in [1.82, 2.24) is 14.7 Å². The van der Waals surface area contributed by atoms with Crippen LogP contribution in [0.1, 0.15) is 30.0 Å². The van der Waals surface area contributed by atoms with Gasteiger partial charge in [0.25, 0.3) is 5.91 Å². The van der Waals surface area contributed by atoms with Gasteiger partial charge in [-0.25, -0.2) is 9.07 Å². The van der Waals surface area contributed by atoms with Crippen LogP contribution in [0.5, 0.6) is 0 Å². The third-order valence-electron chi connectivity index (χ3n) is 6.91. The van der Waals surface area contributed by atoms with Crippen LogP contribution in [0.2, 0.25) is 0 Å². The molecular weight excluding hydrogens is 551 g/mol. The fourth-order valence-electron chi connectivity index (χ4n) is 4.93. The SMILES string of the molecule is C[C@H]1O[C@H](c2nn(-c3ccc(Br)cc3)cc2-c2ccc(F)cc2)N(CCc2ccc3c(c2)NC(=O)C3)C1=O. The minimum Gasteiger partial charge on any atom is -0.339 e. The average molecular weight is 575 g/mol. The van der Waals surface area contributed by atoms with Crippen LogP contribution in [0, 0.1) is 5.82 Å². The van der Waals surface area contributed by atoms with Gasteiger partial charge >= 0.3 is 0 Å². The summed E-state index contributed by atoms with van der Waals surface area (Å²) >= 11 is 3.46. The summed E-state index contributed by atoms with van der Waals surface area (Å²) in [4.78, 5) is 26.6. The van der Waals surface area contributed by atoms with Crippen molar-refractivity contribution >= 4 is 33.4 Å². The van der Waals surface area contributed by atoms with Crippen molar-refractivity contribution in [3.05, 3.63) is 100 Å². The molecule has 0 unspecified atom stereocenters. The maximum atomic E-state index is 13.7. The van der Waals surface area contributed by atoms with Gasteiger partial charge in [0.05, 0.1) is 12.1 Å². The highest BCUT2D eigenvalue weighted by Crippen LogP contribution is 2.37. The van der Waals surface area contributed by atoms with Gasteiger partial charge < -0.3 is 15.0 Å². The molecule has 0 aliphatic carbocycles. The number of aromatic nitrogens is 2. The lowest BCUT2D eigenvalue weighted by atomic mass is 10.0. The van der Waals surface area contributed by atoms with Gasteiger partial charge in [-0.2, -0.15) is 5.10 Å². The van der Waals surface area contributed by atoms with E-state index in [0.717, 1.165) is 38.1 Å². The first kappa shape index (κ1) is 24.5. The molecule has 3 heterocycles. The van der Waals surface area contributed by atoms with E-state index in [0.29, 0.717) is 25.1 Å². The second kappa shape index (κ2) is 9.81. The van der Waals surface area contributed by atoms with Crippen LogP contribution in [0.4, 0.5) is 10.1 Å². The van der Waals surface area contributed by atoms with Crippen LogP contribution in [-0.4, -0.2) is 39.1 Å². The lowest BCUT2D eigenvalue weighted by Crippen LogP contribution is -2.32. The van der Waals surface area contributed by atoms with Gasteiger partial charge in [-0.1, -0.05) is 40.2 Å².